The van der Waals surface area contributed by atoms with Crippen molar-refractivity contribution in [3.8, 4) is 0 Å². The van der Waals surface area contributed by atoms with E-state index in [9.17, 15) is 0 Å². The highest BCUT2D eigenvalue weighted by Gasteiger charge is 2.41. The van der Waals surface area contributed by atoms with Crippen molar-refractivity contribution in [2.24, 2.45) is 10.4 Å². The molecule has 130 valence electrons. The first kappa shape index (κ1) is 19.3. The lowest BCUT2D eigenvalue weighted by Crippen LogP contribution is -2.44. The Bertz CT molecular complexity index is 313. The van der Waals surface area contributed by atoms with Gasteiger partial charge in [0.2, 0.25) is 0 Å². The van der Waals surface area contributed by atoms with Gasteiger partial charge in [-0.1, -0.05) is 32.6 Å². The summed E-state index contributed by atoms with van der Waals surface area (Å²) in [6.45, 7) is 9.29. The van der Waals surface area contributed by atoms with Gasteiger partial charge in [-0.05, 0) is 44.9 Å². The van der Waals surface area contributed by atoms with Crippen molar-refractivity contribution in [2.45, 2.75) is 78.2 Å². The first-order valence-corrected chi connectivity index (χ1v) is 9.20. The fraction of sp³-hybridized carbons (Fsp3) is 0.944. The van der Waals surface area contributed by atoms with Gasteiger partial charge < -0.3 is 15.4 Å². The van der Waals surface area contributed by atoms with Crippen LogP contribution in [0.5, 0.6) is 0 Å². The van der Waals surface area contributed by atoms with E-state index in [0.29, 0.717) is 11.5 Å². The maximum Gasteiger partial charge on any atom is 0.191 e. The SMILES string of the molecule is CCCCCCC(C)NC(=NC)NCC1(CCOCC)CC1. The summed E-state index contributed by atoms with van der Waals surface area (Å²) >= 11 is 0. The molecule has 0 aliphatic heterocycles. The van der Waals surface area contributed by atoms with Crippen molar-refractivity contribution >= 4 is 5.96 Å². The lowest BCUT2D eigenvalue weighted by atomic mass is 10.0. The monoisotopic (exact) mass is 311 g/mol. The molecule has 0 spiro atoms. The third-order valence-electron chi connectivity index (χ3n) is 4.67. The van der Waals surface area contributed by atoms with Crippen LogP contribution in [-0.4, -0.2) is 38.8 Å². The molecule has 1 saturated carbocycles. The van der Waals surface area contributed by atoms with Crippen molar-refractivity contribution in [2.75, 3.05) is 26.8 Å². The number of nitrogens with zero attached hydrogens (tertiary/aromatic N) is 1. The lowest BCUT2D eigenvalue weighted by Gasteiger charge is -2.21. The Hall–Kier alpha value is -0.770. The minimum absolute atomic E-state index is 0.456. The molecule has 22 heavy (non-hydrogen) atoms. The number of ether oxygens (including phenoxy) is 1. The highest BCUT2D eigenvalue weighted by atomic mass is 16.5. The van der Waals surface area contributed by atoms with Crippen LogP contribution in [0.25, 0.3) is 0 Å². The minimum atomic E-state index is 0.456. The smallest absolute Gasteiger partial charge is 0.191 e. The highest BCUT2D eigenvalue weighted by Crippen LogP contribution is 2.48. The Kier molecular flexibility index (Phi) is 9.53. The second-order valence-corrected chi connectivity index (χ2v) is 6.77. The van der Waals surface area contributed by atoms with Gasteiger partial charge >= 0.3 is 0 Å². The fourth-order valence-electron chi connectivity index (χ4n) is 2.77. The van der Waals surface area contributed by atoms with Crippen LogP contribution in [0.15, 0.2) is 4.99 Å². The molecular formula is C18H37N3O. The van der Waals surface area contributed by atoms with Crippen LogP contribution < -0.4 is 10.6 Å². The second kappa shape index (κ2) is 10.9. The number of rotatable bonds is 12. The molecule has 4 heteroatoms. The van der Waals surface area contributed by atoms with Crippen LogP contribution in [0.4, 0.5) is 0 Å². The molecule has 0 saturated heterocycles. The van der Waals surface area contributed by atoms with Crippen LogP contribution in [0.3, 0.4) is 0 Å². The van der Waals surface area contributed by atoms with Gasteiger partial charge in [-0.3, -0.25) is 4.99 Å². The summed E-state index contributed by atoms with van der Waals surface area (Å²) in [4.78, 5) is 4.36. The van der Waals surface area contributed by atoms with Crippen LogP contribution in [0, 0.1) is 5.41 Å². The third kappa shape index (κ3) is 8.02. The quantitative estimate of drug-likeness (QED) is 0.328. The molecule has 1 atom stereocenters. The van der Waals surface area contributed by atoms with Gasteiger partial charge in [-0.15, -0.1) is 0 Å². The normalized spacial score (nSPS) is 18.1. The Balaban J connectivity index is 2.19. The van der Waals surface area contributed by atoms with Gasteiger partial charge in [0.1, 0.15) is 0 Å². The maximum atomic E-state index is 5.50. The molecule has 2 N–H and O–H groups in total. The molecule has 0 bridgehead atoms. The van der Waals surface area contributed by atoms with E-state index in [-0.39, 0.29) is 0 Å². The van der Waals surface area contributed by atoms with Gasteiger partial charge in [-0.25, -0.2) is 0 Å². The molecule has 1 unspecified atom stereocenters. The molecular weight excluding hydrogens is 274 g/mol. The second-order valence-electron chi connectivity index (χ2n) is 6.77. The first-order chi connectivity index (χ1) is 10.7. The van der Waals surface area contributed by atoms with Crippen molar-refractivity contribution in [3.05, 3.63) is 0 Å². The van der Waals surface area contributed by atoms with E-state index < -0.39 is 0 Å². The van der Waals surface area contributed by atoms with Crippen LogP contribution in [0.2, 0.25) is 0 Å². The summed E-state index contributed by atoms with van der Waals surface area (Å²) < 4.78 is 5.50. The summed E-state index contributed by atoms with van der Waals surface area (Å²) in [5, 5.41) is 7.03. The van der Waals surface area contributed by atoms with Crippen molar-refractivity contribution in [3.63, 3.8) is 0 Å². The van der Waals surface area contributed by atoms with Crippen molar-refractivity contribution < 1.29 is 4.74 Å². The summed E-state index contributed by atoms with van der Waals surface area (Å²) in [7, 11) is 1.86. The van der Waals surface area contributed by atoms with Gasteiger partial charge in [0, 0.05) is 32.8 Å². The van der Waals surface area contributed by atoms with E-state index in [4.69, 9.17) is 4.74 Å². The molecule has 1 fully saturated rings. The maximum absolute atomic E-state index is 5.50. The summed E-state index contributed by atoms with van der Waals surface area (Å²) in [5.74, 6) is 0.950. The number of hydrogen-bond acceptors (Lipinski definition) is 2. The van der Waals surface area contributed by atoms with Crippen LogP contribution in [-0.2, 0) is 4.74 Å². The molecule has 0 amide bonds. The fourth-order valence-corrected chi connectivity index (χ4v) is 2.77. The number of unbranched alkanes of at least 4 members (excludes halogenated alkanes) is 3. The van der Waals surface area contributed by atoms with Crippen molar-refractivity contribution in [1.82, 2.24) is 10.6 Å². The Morgan fingerprint density at radius 1 is 1.23 bits per heavy atom. The molecule has 1 rings (SSSR count). The lowest BCUT2D eigenvalue weighted by molar-refractivity contribution is 0.128. The van der Waals surface area contributed by atoms with E-state index >= 15 is 0 Å². The molecule has 1 aliphatic rings. The van der Waals surface area contributed by atoms with E-state index in [2.05, 4.69) is 36.4 Å². The zero-order chi connectivity index (χ0) is 16.3. The first-order valence-electron chi connectivity index (χ1n) is 9.20. The highest BCUT2D eigenvalue weighted by molar-refractivity contribution is 5.80. The summed E-state index contributed by atoms with van der Waals surface area (Å²) in [5.41, 5.74) is 0.456. The molecule has 0 radical (unpaired) electrons. The largest absolute Gasteiger partial charge is 0.382 e. The van der Waals surface area contributed by atoms with E-state index in [1.165, 1.54) is 44.9 Å². The molecule has 0 heterocycles. The molecule has 0 aromatic rings. The standard InChI is InChI=1S/C18H37N3O/c1-5-7-8-9-10-16(3)21-17(19-4)20-15-18(11-12-18)13-14-22-6-2/h16H,5-15H2,1-4H3,(H2,19,20,21). The topological polar surface area (TPSA) is 45.7 Å². The third-order valence-corrected chi connectivity index (χ3v) is 4.67. The summed E-state index contributed by atoms with van der Waals surface area (Å²) in [6, 6.07) is 0.488. The van der Waals surface area contributed by atoms with E-state index in [1.807, 2.05) is 7.05 Å². The zero-order valence-electron chi connectivity index (χ0n) is 15.2. The predicted molar refractivity (Wildman–Crippen MR) is 95.5 cm³/mol. The number of aliphatic imine (C=N–C) groups is 1. The molecule has 0 aromatic carbocycles. The van der Waals surface area contributed by atoms with Crippen molar-refractivity contribution in [1.29, 1.82) is 0 Å². The Morgan fingerprint density at radius 3 is 2.59 bits per heavy atom. The van der Waals surface area contributed by atoms with Gasteiger partial charge in [-0.2, -0.15) is 0 Å². The summed E-state index contributed by atoms with van der Waals surface area (Å²) in [6.07, 6.45) is 10.3. The average molecular weight is 312 g/mol. The number of guanidine groups is 1. The van der Waals surface area contributed by atoms with Gasteiger partial charge in [0.15, 0.2) is 5.96 Å². The van der Waals surface area contributed by atoms with E-state index in [1.54, 1.807) is 0 Å². The Morgan fingerprint density at radius 2 is 2.00 bits per heavy atom. The molecule has 4 nitrogen and oxygen atoms in total. The van der Waals surface area contributed by atoms with Gasteiger partial charge in [0.25, 0.3) is 0 Å². The molecule has 0 aromatic heterocycles. The number of nitrogens with one attached hydrogen (secondary N) is 2. The molecule has 1 aliphatic carbocycles. The minimum Gasteiger partial charge on any atom is -0.382 e. The average Bonchev–Trinajstić information content (AvgIpc) is 3.28. The zero-order valence-corrected chi connectivity index (χ0v) is 15.2. The van der Waals surface area contributed by atoms with E-state index in [0.717, 1.165) is 32.1 Å². The van der Waals surface area contributed by atoms with Crippen LogP contribution in [0.1, 0.15) is 72.1 Å². The van der Waals surface area contributed by atoms with Gasteiger partial charge in [0.05, 0.1) is 0 Å². The van der Waals surface area contributed by atoms with Crippen LogP contribution >= 0.6 is 0 Å². The number of hydrogen-bond donors (Lipinski definition) is 2. The predicted octanol–water partition coefficient (Wildman–Crippen LogP) is 3.72. The Labute approximate surface area is 137 Å².